The second-order valence-corrected chi connectivity index (χ2v) is 5.98. The van der Waals surface area contributed by atoms with Gasteiger partial charge in [-0.2, -0.15) is 0 Å². The van der Waals surface area contributed by atoms with Crippen LogP contribution in [0.3, 0.4) is 0 Å². The molecule has 0 aliphatic carbocycles. The predicted molar refractivity (Wildman–Crippen MR) is 86.2 cm³/mol. The average molecular weight is 308 g/mol. The second kappa shape index (κ2) is 6.24. The van der Waals surface area contributed by atoms with Crippen LogP contribution in [0.2, 0.25) is 0 Å². The molecule has 1 fully saturated rings. The van der Waals surface area contributed by atoms with Crippen molar-refractivity contribution >= 4 is 22.6 Å². The number of para-hydroxylation sites is 1. The quantitative estimate of drug-likeness (QED) is 0.793. The van der Waals surface area contributed by atoms with Crippen LogP contribution in [0.1, 0.15) is 31.6 Å². The topological polar surface area (TPSA) is 30.3 Å². The van der Waals surface area contributed by atoms with Crippen molar-refractivity contribution in [1.29, 1.82) is 0 Å². The Bertz CT molecular complexity index is 619. The zero-order valence-corrected chi connectivity index (χ0v) is 13.4. The van der Waals surface area contributed by atoms with Gasteiger partial charge in [0.2, 0.25) is 0 Å². The number of hydrogen-bond donors (Lipinski definition) is 0. The summed E-state index contributed by atoms with van der Waals surface area (Å²) in [7, 11) is 1.68. The van der Waals surface area contributed by atoms with E-state index in [4.69, 9.17) is 16.3 Å². The first-order chi connectivity index (χ1) is 10.2. The van der Waals surface area contributed by atoms with Gasteiger partial charge in [0.05, 0.1) is 18.5 Å². The highest BCUT2D eigenvalue weighted by Crippen LogP contribution is 2.29. The maximum atomic E-state index is 6.12. The van der Waals surface area contributed by atoms with Crippen LogP contribution in [0.15, 0.2) is 18.2 Å². The van der Waals surface area contributed by atoms with Crippen LogP contribution in [0.25, 0.3) is 11.0 Å². The van der Waals surface area contributed by atoms with Gasteiger partial charge in [-0.1, -0.05) is 6.07 Å². The normalized spacial score (nSPS) is 17.5. The number of methoxy groups -OCH3 is 1. The van der Waals surface area contributed by atoms with Crippen molar-refractivity contribution in [2.75, 3.05) is 26.7 Å². The minimum atomic E-state index is 0.356. The molecule has 1 atom stereocenters. The van der Waals surface area contributed by atoms with Gasteiger partial charge in [-0.3, -0.25) is 0 Å². The molecule has 1 aromatic heterocycles. The number of rotatable bonds is 5. The third-order valence-electron chi connectivity index (χ3n) is 4.26. The molecular formula is C16H22ClN3O. The van der Waals surface area contributed by atoms with E-state index in [-0.39, 0.29) is 0 Å². The van der Waals surface area contributed by atoms with Crippen molar-refractivity contribution in [3.8, 4) is 5.75 Å². The fraction of sp³-hybridized carbons (Fsp3) is 0.562. The third-order valence-corrected chi connectivity index (χ3v) is 4.50. The lowest BCUT2D eigenvalue weighted by Crippen LogP contribution is -2.27. The van der Waals surface area contributed by atoms with Gasteiger partial charge in [-0.25, -0.2) is 4.98 Å². The van der Waals surface area contributed by atoms with E-state index in [0.717, 1.165) is 29.2 Å². The van der Waals surface area contributed by atoms with Crippen LogP contribution in [-0.4, -0.2) is 41.2 Å². The number of nitrogens with zero attached hydrogens (tertiary/aromatic N) is 3. The summed E-state index contributed by atoms with van der Waals surface area (Å²) in [5, 5.41) is 0. The van der Waals surface area contributed by atoms with Gasteiger partial charge in [0, 0.05) is 12.6 Å². The van der Waals surface area contributed by atoms with Gasteiger partial charge in [-0.15, -0.1) is 11.6 Å². The maximum Gasteiger partial charge on any atom is 0.146 e. The molecule has 1 aliphatic heterocycles. The second-order valence-electron chi connectivity index (χ2n) is 5.72. The van der Waals surface area contributed by atoms with Crippen LogP contribution in [0, 0.1) is 0 Å². The van der Waals surface area contributed by atoms with Gasteiger partial charge < -0.3 is 14.2 Å². The van der Waals surface area contributed by atoms with Crippen LogP contribution in [0.4, 0.5) is 0 Å². The van der Waals surface area contributed by atoms with E-state index in [1.165, 1.54) is 25.9 Å². The highest BCUT2D eigenvalue weighted by molar-refractivity contribution is 6.16. The number of ether oxygens (including phenoxy) is 1. The molecule has 0 bridgehead atoms. The number of alkyl halides is 1. The molecule has 3 rings (SSSR count). The van der Waals surface area contributed by atoms with Crippen LogP contribution in [0.5, 0.6) is 5.75 Å². The van der Waals surface area contributed by atoms with Crippen molar-refractivity contribution in [3.05, 3.63) is 24.0 Å². The highest BCUT2D eigenvalue weighted by Gasteiger charge is 2.21. The fourth-order valence-electron chi connectivity index (χ4n) is 3.31. The average Bonchev–Trinajstić information content (AvgIpc) is 3.12. The van der Waals surface area contributed by atoms with E-state index < -0.39 is 0 Å². The standard InChI is InChI=1S/C16H22ClN3O/c1-12(11-19-8-3-4-9-19)20-13-6-5-7-14(21-2)16(13)18-15(20)10-17/h5-7,12H,3-4,8-11H2,1-2H3. The molecule has 0 N–H and O–H groups in total. The summed E-state index contributed by atoms with van der Waals surface area (Å²) >= 11 is 6.12. The first-order valence-electron chi connectivity index (χ1n) is 7.56. The molecule has 0 radical (unpaired) electrons. The first-order valence-corrected chi connectivity index (χ1v) is 8.10. The number of fused-ring (bicyclic) bond motifs is 1. The summed E-state index contributed by atoms with van der Waals surface area (Å²) in [4.78, 5) is 7.21. The van der Waals surface area contributed by atoms with E-state index in [9.17, 15) is 0 Å². The molecule has 1 aromatic carbocycles. The Morgan fingerprint density at radius 3 is 2.76 bits per heavy atom. The lowest BCUT2D eigenvalue weighted by Gasteiger charge is -2.23. The minimum Gasteiger partial charge on any atom is -0.494 e. The Morgan fingerprint density at radius 1 is 1.33 bits per heavy atom. The third kappa shape index (κ3) is 2.74. The molecule has 0 spiro atoms. The molecule has 114 valence electrons. The summed E-state index contributed by atoms with van der Waals surface area (Å²) in [5.74, 6) is 2.15. The molecule has 21 heavy (non-hydrogen) atoms. The Labute approximate surface area is 130 Å². The molecule has 1 unspecified atom stereocenters. The Balaban J connectivity index is 1.99. The summed E-state index contributed by atoms with van der Waals surface area (Å²) in [6, 6.07) is 6.42. The van der Waals surface area contributed by atoms with Gasteiger partial charge in [0.25, 0.3) is 0 Å². The summed E-state index contributed by atoms with van der Waals surface area (Å²) in [6.07, 6.45) is 2.63. The SMILES string of the molecule is COc1cccc2c1nc(CCl)n2C(C)CN1CCCC1. The van der Waals surface area contributed by atoms with Crippen molar-refractivity contribution in [1.82, 2.24) is 14.5 Å². The van der Waals surface area contributed by atoms with E-state index in [2.05, 4.69) is 27.4 Å². The number of benzene rings is 1. The Hall–Kier alpha value is -1.26. The molecule has 1 saturated heterocycles. The van der Waals surface area contributed by atoms with E-state index in [1.54, 1.807) is 7.11 Å². The smallest absolute Gasteiger partial charge is 0.146 e. The molecule has 1 aliphatic rings. The molecule has 0 saturated carbocycles. The largest absolute Gasteiger partial charge is 0.494 e. The zero-order chi connectivity index (χ0) is 14.8. The minimum absolute atomic E-state index is 0.356. The van der Waals surface area contributed by atoms with E-state index >= 15 is 0 Å². The van der Waals surface area contributed by atoms with Gasteiger partial charge in [-0.05, 0) is 45.0 Å². The molecule has 2 heterocycles. The van der Waals surface area contributed by atoms with Crippen molar-refractivity contribution in [2.45, 2.75) is 31.7 Å². The number of likely N-dealkylation sites (tertiary alicyclic amines) is 1. The highest BCUT2D eigenvalue weighted by atomic mass is 35.5. The Morgan fingerprint density at radius 2 is 2.10 bits per heavy atom. The fourth-order valence-corrected chi connectivity index (χ4v) is 3.50. The van der Waals surface area contributed by atoms with E-state index in [1.807, 2.05) is 12.1 Å². The maximum absolute atomic E-state index is 6.12. The molecule has 0 amide bonds. The monoisotopic (exact) mass is 307 g/mol. The van der Waals surface area contributed by atoms with Crippen molar-refractivity contribution in [3.63, 3.8) is 0 Å². The first kappa shape index (κ1) is 14.7. The van der Waals surface area contributed by atoms with Gasteiger partial charge in [0.15, 0.2) is 0 Å². The van der Waals surface area contributed by atoms with Gasteiger partial charge >= 0.3 is 0 Å². The molecular weight excluding hydrogens is 286 g/mol. The number of imidazole rings is 1. The number of halogens is 1. The van der Waals surface area contributed by atoms with E-state index in [0.29, 0.717) is 11.9 Å². The van der Waals surface area contributed by atoms with Crippen molar-refractivity contribution < 1.29 is 4.74 Å². The summed E-state index contributed by atoms with van der Waals surface area (Å²) in [6.45, 7) is 5.70. The zero-order valence-electron chi connectivity index (χ0n) is 12.7. The predicted octanol–water partition coefficient (Wildman–Crippen LogP) is 3.44. The summed E-state index contributed by atoms with van der Waals surface area (Å²) < 4.78 is 7.69. The lowest BCUT2D eigenvalue weighted by molar-refractivity contribution is 0.288. The van der Waals surface area contributed by atoms with Gasteiger partial charge in [0.1, 0.15) is 17.1 Å². The van der Waals surface area contributed by atoms with Crippen molar-refractivity contribution in [2.24, 2.45) is 0 Å². The van der Waals surface area contributed by atoms with Crippen LogP contribution in [-0.2, 0) is 5.88 Å². The van der Waals surface area contributed by atoms with Crippen LogP contribution < -0.4 is 4.74 Å². The number of hydrogen-bond acceptors (Lipinski definition) is 3. The molecule has 4 nitrogen and oxygen atoms in total. The number of aromatic nitrogens is 2. The Kier molecular flexibility index (Phi) is 4.36. The molecule has 5 heteroatoms. The molecule has 2 aromatic rings. The van der Waals surface area contributed by atoms with Crippen LogP contribution >= 0.6 is 11.6 Å². The lowest BCUT2D eigenvalue weighted by atomic mass is 10.2. The summed E-state index contributed by atoms with van der Waals surface area (Å²) in [5.41, 5.74) is 2.01.